The van der Waals surface area contributed by atoms with Crippen molar-refractivity contribution in [2.45, 2.75) is 6.18 Å². The number of halogens is 4. The summed E-state index contributed by atoms with van der Waals surface area (Å²) in [5.41, 5.74) is -2.86. The number of nitrogens with one attached hydrogen (secondary N) is 1. The van der Waals surface area contributed by atoms with Crippen molar-refractivity contribution in [2.75, 3.05) is 14.2 Å². The highest BCUT2D eigenvalue weighted by Gasteiger charge is 2.31. The highest BCUT2D eigenvalue weighted by atomic mass is 35.5. The molecule has 1 N–H and O–H groups in total. The van der Waals surface area contributed by atoms with Crippen LogP contribution in [-0.4, -0.2) is 36.1 Å². The topological polar surface area (TPSA) is 120 Å². The highest BCUT2D eigenvalue weighted by Crippen LogP contribution is 2.38. The molecular weight excluding hydrogens is 479 g/mol. The van der Waals surface area contributed by atoms with E-state index in [9.17, 15) is 32.9 Å². The fourth-order valence-corrected chi connectivity index (χ4v) is 2.85. The van der Waals surface area contributed by atoms with Crippen molar-refractivity contribution in [1.29, 1.82) is 0 Å². The Kier molecular flexibility index (Phi) is 7.59. The Morgan fingerprint density at radius 3 is 2.34 bits per heavy atom. The van der Waals surface area contributed by atoms with Gasteiger partial charge in [0.25, 0.3) is 5.69 Å². The van der Waals surface area contributed by atoms with Crippen molar-refractivity contribution in [1.82, 2.24) is 5.32 Å². The molecule has 2 amide bonds. The summed E-state index contributed by atoms with van der Waals surface area (Å²) < 4.78 is 48.5. The van der Waals surface area contributed by atoms with Gasteiger partial charge in [-0.1, -0.05) is 16.6 Å². The fourth-order valence-electron chi connectivity index (χ4n) is 2.39. The van der Waals surface area contributed by atoms with Crippen LogP contribution in [0.25, 0.3) is 0 Å². The molecule has 0 bridgehead atoms. The summed E-state index contributed by atoms with van der Waals surface area (Å²) in [4.78, 5) is 37.8. The number of nitro benzene ring substituents is 1. The lowest BCUT2D eigenvalue weighted by Crippen LogP contribution is -2.17. The molecule has 0 saturated heterocycles. The molecule has 2 rings (SSSR count). The number of aliphatic imine (C=N–C) groups is 1. The molecule has 9 nitrogen and oxygen atoms in total. The molecule has 2 aromatic rings. The van der Waals surface area contributed by atoms with Gasteiger partial charge in [-0.25, -0.2) is 14.6 Å². The number of amides is 2. The Labute approximate surface area is 188 Å². The summed E-state index contributed by atoms with van der Waals surface area (Å²) in [5.74, 6) is -1.64. The Bertz CT molecular complexity index is 1120. The number of nitrogens with zero attached hydrogens (tertiary/aromatic N) is 2. The van der Waals surface area contributed by atoms with E-state index in [1.165, 1.54) is 7.05 Å². The molecule has 2 aromatic carbocycles. The lowest BCUT2D eigenvalue weighted by atomic mass is 10.1. The zero-order valence-electron chi connectivity index (χ0n) is 16.2. The Balaban J connectivity index is 2.67. The Morgan fingerprint density at radius 1 is 1.22 bits per heavy atom. The van der Waals surface area contributed by atoms with Crippen LogP contribution in [0.1, 0.15) is 21.5 Å². The summed E-state index contributed by atoms with van der Waals surface area (Å²) in [6.07, 6.45) is -4.64. The zero-order valence-corrected chi connectivity index (χ0v) is 17.7. The van der Waals surface area contributed by atoms with Crippen LogP contribution in [0.3, 0.4) is 0 Å². The van der Waals surface area contributed by atoms with E-state index in [1.807, 2.05) is 0 Å². The average Bonchev–Trinajstić information content (AvgIpc) is 2.72. The zero-order chi connectivity index (χ0) is 24.2. The first-order chi connectivity index (χ1) is 14.9. The van der Waals surface area contributed by atoms with Gasteiger partial charge in [-0.3, -0.25) is 10.1 Å². The number of urea groups is 1. The molecule has 0 spiro atoms. The predicted octanol–water partition coefficient (Wildman–Crippen LogP) is 4.48. The van der Waals surface area contributed by atoms with Gasteiger partial charge in [-0.2, -0.15) is 13.2 Å². The standard InChI is InChI=1S/C18H13ClF3N3O6S/c1-23-17(27)24-15(32)10-6-9(7-11(16(26)30-2)14(10)25(28)29)31-13-4-3-8(5-12(13)19)18(20,21)22/h3-7H,1-2H3,(H2,23,24,27,32)/p-1. The predicted molar refractivity (Wildman–Crippen MR) is 109 cm³/mol. The minimum Gasteiger partial charge on any atom is -0.759 e. The number of hydrogen-bond donors (Lipinski definition) is 1. The molecule has 0 saturated carbocycles. The monoisotopic (exact) mass is 490 g/mol. The molecule has 32 heavy (non-hydrogen) atoms. The van der Waals surface area contributed by atoms with E-state index in [0.29, 0.717) is 12.1 Å². The first kappa shape index (κ1) is 24.8. The number of carbonyl (C=O) groups excluding carboxylic acids is 2. The second-order valence-electron chi connectivity index (χ2n) is 5.83. The summed E-state index contributed by atoms with van der Waals surface area (Å²) in [7, 11) is 2.22. The molecule has 0 aliphatic rings. The first-order valence-electron chi connectivity index (χ1n) is 8.32. The van der Waals surface area contributed by atoms with Crippen LogP contribution in [0, 0.1) is 10.1 Å². The Hall–Kier alpha value is -3.45. The second kappa shape index (κ2) is 9.78. The van der Waals surface area contributed by atoms with E-state index >= 15 is 0 Å². The molecule has 0 unspecified atom stereocenters. The van der Waals surface area contributed by atoms with Gasteiger partial charge in [-0.15, -0.1) is 0 Å². The van der Waals surface area contributed by atoms with Crippen LogP contribution in [-0.2, 0) is 23.5 Å². The van der Waals surface area contributed by atoms with Crippen molar-refractivity contribution in [2.24, 2.45) is 4.99 Å². The van der Waals surface area contributed by atoms with Crippen LogP contribution in [0.15, 0.2) is 35.3 Å². The number of hydrogen-bond acceptors (Lipinski definition) is 7. The Morgan fingerprint density at radius 2 is 1.84 bits per heavy atom. The molecule has 0 heterocycles. The van der Waals surface area contributed by atoms with E-state index < -0.39 is 55.5 Å². The maximum atomic E-state index is 12.8. The molecule has 0 aliphatic heterocycles. The number of alkyl halides is 3. The van der Waals surface area contributed by atoms with Gasteiger partial charge in [0.1, 0.15) is 17.1 Å². The molecule has 0 atom stereocenters. The maximum Gasteiger partial charge on any atom is 0.416 e. The third-order valence-corrected chi connectivity index (χ3v) is 4.41. The molecule has 0 radical (unpaired) electrons. The minimum atomic E-state index is -4.64. The minimum absolute atomic E-state index is 0.246. The maximum absolute atomic E-state index is 12.8. The van der Waals surface area contributed by atoms with Crippen LogP contribution in [0.2, 0.25) is 5.02 Å². The van der Waals surface area contributed by atoms with Gasteiger partial charge in [0.05, 0.1) is 28.2 Å². The van der Waals surface area contributed by atoms with Crippen LogP contribution in [0.4, 0.5) is 23.7 Å². The number of rotatable bonds is 5. The van der Waals surface area contributed by atoms with Gasteiger partial charge in [0, 0.05) is 13.1 Å². The van der Waals surface area contributed by atoms with Crippen molar-refractivity contribution in [3.05, 3.63) is 62.2 Å². The van der Waals surface area contributed by atoms with E-state index in [0.717, 1.165) is 25.3 Å². The van der Waals surface area contributed by atoms with Gasteiger partial charge >= 0.3 is 18.2 Å². The van der Waals surface area contributed by atoms with E-state index in [1.54, 1.807) is 0 Å². The molecule has 0 aliphatic carbocycles. The number of esters is 1. The molecule has 0 fully saturated rings. The van der Waals surface area contributed by atoms with Crippen LogP contribution < -0.4 is 10.1 Å². The van der Waals surface area contributed by atoms with E-state index in [-0.39, 0.29) is 11.5 Å². The molecule has 0 aromatic heterocycles. The average molecular weight is 491 g/mol. The first-order valence-corrected chi connectivity index (χ1v) is 9.10. The van der Waals surface area contributed by atoms with Crippen molar-refractivity contribution < 1.29 is 37.2 Å². The van der Waals surface area contributed by atoms with Gasteiger partial charge in [-0.05, 0) is 24.3 Å². The highest BCUT2D eigenvalue weighted by molar-refractivity contribution is 7.78. The summed E-state index contributed by atoms with van der Waals surface area (Å²) in [6.45, 7) is 0. The van der Waals surface area contributed by atoms with Gasteiger partial charge in [0.2, 0.25) is 0 Å². The smallest absolute Gasteiger partial charge is 0.416 e. The third-order valence-electron chi connectivity index (χ3n) is 3.81. The number of methoxy groups -OCH3 is 1. The number of ether oxygens (including phenoxy) is 2. The molecular formula is C18H12ClF3N3O6S-. The van der Waals surface area contributed by atoms with Crippen molar-refractivity contribution in [3.63, 3.8) is 0 Å². The van der Waals surface area contributed by atoms with E-state index in [4.69, 9.17) is 29.0 Å². The van der Waals surface area contributed by atoms with Gasteiger partial charge in [0.15, 0.2) is 0 Å². The van der Waals surface area contributed by atoms with Gasteiger partial charge < -0.3 is 27.4 Å². The van der Waals surface area contributed by atoms with E-state index in [2.05, 4.69) is 15.0 Å². The normalized spacial score (nSPS) is 11.6. The quantitative estimate of drug-likeness (QED) is 0.164. The third kappa shape index (κ3) is 5.62. The largest absolute Gasteiger partial charge is 0.759 e. The molecule has 14 heteroatoms. The second-order valence-corrected chi connectivity index (χ2v) is 6.63. The van der Waals surface area contributed by atoms with Crippen LogP contribution in [0.5, 0.6) is 11.5 Å². The SMILES string of the molecule is CNC(=O)N=C([S-])c1cc(Oc2ccc(C(F)(F)F)cc2Cl)cc(C(=O)OC)c1[N+](=O)[O-]. The van der Waals surface area contributed by atoms with Crippen molar-refractivity contribution >= 4 is 47.0 Å². The summed E-state index contributed by atoms with van der Waals surface area (Å²) >= 11 is 10.8. The number of benzene rings is 2. The molecule has 170 valence electrons. The lowest BCUT2D eigenvalue weighted by molar-refractivity contribution is -0.385. The number of nitro groups is 1. The van der Waals surface area contributed by atoms with Crippen molar-refractivity contribution in [3.8, 4) is 11.5 Å². The fraction of sp³-hybridized carbons (Fsp3) is 0.167. The van der Waals surface area contributed by atoms with Crippen LogP contribution >= 0.6 is 11.6 Å². The number of carbonyl (C=O) groups is 2. The lowest BCUT2D eigenvalue weighted by Gasteiger charge is -2.16. The summed E-state index contributed by atoms with van der Waals surface area (Å²) in [6, 6.07) is 3.26. The summed E-state index contributed by atoms with van der Waals surface area (Å²) in [5, 5.41) is 12.8.